The second-order valence-electron chi connectivity index (χ2n) is 5.49. The SMILES string of the molecule is Oc1ccc(C(NC2CCOCC2)c2ccccc2)cc1. The Balaban J connectivity index is 1.85. The van der Waals surface area contributed by atoms with Gasteiger partial charge in [0, 0.05) is 19.3 Å². The molecule has 1 aliphatic rings. The van der Waals surface area contributed by atoms with Gasteiger partial charge in [-0.05, 0) is 36.1 Å². The van der Waals surface area contributed by atoms with Gasteiger partial charge in [-0.15, -0.1) is 0 Å². The highest BCUT2D eigenvalue weighted by atomic mass is 16.5. The molecule has 1 aliphatic heterocycles. The van der Waals surface area contributed by atoms with E-state index in [-0.39, 0.29) is 6.04 Å². The molecule has 1 saturated heterocycles. The van der Waals surface area contributed by atoms with Gasteiger partial charge < -0.3 is 15.2 Å². The van der Waals surface area contributed by atoms with Gasteiger partial charge >= 0.3 is 0 Å². The highest BCUT2D eigenvalue weighted by Crippen LogP contribution is 2.25. The molecular formula is C18H21NO2. The summed E-state index contributed by atoms with van der Waals surface area (Å²) in [6, 6.07) is 18.5. The molecule has 0 bridgehead atoms. The van der Waals surface area contributed by atoms with Crippen molar-refractivity contribution in [1.29, 1.82) is 0 Å². The van der Waals surface area contributed by atoms with Crippen molar-refractivity contribution in [3.63, 3.8) is 0 Å². The van der Waals surface area contributed by atoms with Gasteiger partial charge in [-0.1, -0.05) is 42.5 Å². The van der Waals surface area contributed by atoms with Crippen molar-refractivity contribution in [2.24, 2.45) is 0 Å². The molecule has 2 N–H and O–H groups in total. The van der Waals surface area contributed by atoms with Crippen molar-refractivity contribution >= 4 is 0 Å². The average molecular weight is 283 g/mol. The van der Waals surface area contributed by atoms with E-state index in [0.29, 0.717) is 11.8 Å². The lowest BCUT2D eigenvalue weighted by molar-refractivity contribution is 0.0761. The molecule has 0 radical (unpaired) electrons. The lowest BCUT2D eigenvalue weighted by Gasteiger charge is -2.29. The van der Waals surface area contributed by atoms with Crippen molar-refractivity contribution in [3.05, 3.63) is 65.7 Å². The summed E-state index contributed by atoms with van der Waals surface area (Å²) in [4.78, 5) is 0. The molecule has 110 valence electrons. The molecule has 0 aromatic heterocycles. The zero-order valence-electron chi connectivity index (χ0n) is 12.0. The number of aromatic hydroxyl groups is 1. The quantitative estimate of drug-likeness (QED) is 0.905. The van der Waals surface area contributed by atoms with E-state index in [9.17, 15) is 5.11 Å². The van der Waals surface area contributed by atoms with Gasteiger partial charge in [-0.25, -0.2) is 0 Å². The first-order chi connectivity index (χ1) is 10.3. The Hall–Kier alpha value is -1.84. The maximum absolute atomic E-state index is 9.49. The Morgan fingerprint density at radius 2 is 1.52 bits per heavy atom. The van der Waals surface area contributed by atoms with Gasteiger partial charge in [-0.2, -0.15) is 0 Å². The summed E-state index contributed by atoms with van der Waals surface area (Å²) in [5.74, 6) is 0.302. The highest BCUT2D eigenvalue weighted by Gasteiger charge is 2.20. The third-order valence-corrected chi connectivity index (χ3v) is 3.98. The Morgan fingerprint density at radius 3 is 2.19 bits per heavy atom. The first-order valence-electron chi connectivity index (χ1n) is 7.50. The third kappa shape index (κ3) is 3.63. The lowest BCUT2D eigenvalue weighted by Crippen LogP contribution is -2.37. The minimum Gasteiger partial charge on any atom is -0.508 e. The van der Waals surface area contributed by atoms with Crippen molar-refractivity contribution in [2.45, 2.75) is 24.9 Å². The van der Waals surface area contributed by atoms with Crippen molar-refractivity contribution < 1.29 is 9.84 Å². The van der Waals surface area contributed by atoms with Crippen LogP contribution in [0.1, 0.15) is 30.0 Å². The maximum atomic E-state index is 9.49. The lowest BCUT2D eigenvalue weighted by atomic mass is 9.96. The second-order valence-corrected chi connectivity index (χ2v) is 5.49. The normalized spacial score (nSPS) is 17.5. The van der Waals surface area contributed by atoms with E-state index >= 15 is 0 Å². The molecule has 3 heteroatoms. The number of rotatable bonds is 4. The smallest absolute Gasteiger partial charge is 0.115 e. The van der Waals surface area contributed by atoms with Crippen molar-refractivity contribution in [2.75, 3.05) is 13.2 Å². The number of phenolic OH excluding ortho intramolecular Hbond substituents is 1. The summed E-state index contributed by atoms with van der Waals surface area (Å²) in [5.41, 5.74) is 2.42. The summed E-state index contributed by atoms with van der Waals surface area (Å²) in [5, 5.41) is 13.2. The van der Waals surface area contributed by atoms with E-state index in [1.165, 1.54) is 11.1 Å². The van der Waals surface area contributed by atoms with Crippen LogP contribution in [0.2, 0.25) is 0 Å². The molecule has 2 aromatic carbocycles. The van der Waals surface area contributed by atoms with Gasteiger partial charge in [-0.3, -0.25) is 0 Å². The van der Waals surface area contributed by atoms with Crippen LogP contribution in [-0.4, -0.2) is 24.4 Å². The summed E-state index contributed by atoms with van der Waals surface area (Å²) in [6.07, 6.45) is 2.09. The minimum atomic E-state index is 0.148. The Bertz CT molecular complexity index is 547. The molecule has 1 atom stereocenters. The monoisotopic (exact) mass is 283 g/mol. The van der Waals surface area contributed by atoms with Crippen LogP contribution in [0.4, 0.5) is 0 Å². The second kappa shape index (κ2) is 6.74. The van der Waals surface area contributed by atoms with E-state index in [4.69, 9.17) is 4.74 Å². The fraction of sp³-hybridized carbons (Fsp3) is 0.333. The molecule has 21 heavy (non-hydrogen) atoms. The number of nitrogens with one attached hydrogen (secondary N) is 1. The Kier molecular flexibility index (Phi) is 4.53. The summed E-state index contributed by atoms with van der Waals surface area (Å²) in [6.45, 7) is 1.66. The fourth-order valence-electron chi connectivity index (χ4n) is 2.80. The molecule has 1 fully saturated rings. The van der Waals surface area contributed by atoms with Gasteiger partial charge in [0.2, 0.25) is 0 Å². The van der Waals surface area contributed by atoms with Gasteiger partial charge in [0.1, 0.15) is 5.75 Å². The van der Waals surface area contributed by atoms with Crippen LogP contribution < -0.4 is 5.32 Å². The Morgan fingerprint density at radius 1 is 0.905 bits per heavy atom. The zero-order chi connectivity index (χ0) is 14.5. The third-order valence-electron chi connectivity index (χ3n) is 3.98. The van der Waals surface area contributed by atoms with Crippen molar-refractivity contribution in [3.8, 4) is 5.75 Å². The molecule has 1 heterocycles. The van der Waals surface area contributed by atoms with Crippen LogP contribution in [0.5, 0.6) is 5.75 Å². The molecule has 3 rings (SSSR count). The standard InChI is InChI=1S/C18H21NO2/c20-17-8-6-15(7-9-17)18(14-4-2-1-3-5-14)19-16-10-12-21-13-11-16/h1-9,16,18-20H,10-13H2. The molecule has 0 saturated carbocycles. The molecule has 0 spiro atoms. The number of phenols is 1. The van der Waals surface area contributed by atoms with E-state index in [0.717, 1.165) is 26.1 Å². The molecule has 2 aromatic rings. The van der Waals surface area contributed by atoms with E-state index in [1.54, 1.807) is 12.1 Å². The molecule has 1 unspecified atom stereocenters. The van der Waals surface area contributed by atoms with Gasteiger partial charge in [0.15, 0.2) is 0 Å². The fourth-order valence-corrected chi connectivity index (χ4v) is 2.80. The topological polar surface area (TPSA) is 41.5 Å². The Labute approximate surface area is 125 Å². The van der Waals surface area contributed by atoms with Crippen LogP contribution in [0.3, 0.4) is 0 Å². The number of ether oxygens (including phenoxy) is 1. The summed E-state index contributed by atoms with van der Waals surface area (Å²) in [7, 11) is 0. The van der Waals surface area contributed by atoms with Crippen LogP contribution in [0.15, 0.2) is 54.6 Å². The number of hydrogen-bond acceptors (Lipinski definition) is 3. The van der Waals surface area contributed by atoms with E-state index in [1.807, 2.05) is 18.2 Å². The van der Waals surface area contributed by atoms with Crippen LogP contribution in [0, 0.1) is 0 Å². The van der Waals surface area contributed by atoms with Gasteiger partial charge in [0.05, 0.1) is 6.04 Å². The number of benzene rings is 2. The first-order valence-corrected chi connectivity index (χ1v) is 7.50. The number of hydrogen-bond donors (Lipinski definition) is 2. The average Bonchev–Trinajstić information content (AvgIpc) is 2.55. The first kappa shape index (κ1) is 14.1. The molecular weight excluding hydrogens is 262 g/mol. The molecule has 0 amide bonds. The predicted octanol–water partition coefficient (Wildman–Crippen LogP) is 3.25. The maximum Gasteiger partial charge on any atom is 0.115 e. The van der Waals surface area contributed by atoms with Crippen LogP contribution in [0.25, 0.3) is 0 Å². The largest absolute Gasteiger partial charge is 0.508 e. The van der Waals surface area contributed by atoms with Gasteiger partial charge in [0.25, 0.3) is 0 Å². The molecule has 3 nitrogen and oxygen atoms in total. The summed E-state index contributed by atoms with van der Waals surface area (Å²) < 4.78 is 5.44. The minimum absolute atomic E-state index is 0.148. The highest BCUT2D eigenvalue weighted by molar-refractivity contribution is 5.35. The zero-order valence-corrected chi connectivity index (χ0v) is 12.0. The molecule has 0 aliphatic carbocycles. The predicted molar refractivity (Wildman–Crippen MR) is 83.4 cm³/mol. The van der Waals surface area contributed by atoms with Crippen molar-refractivity contribution in [1.82, 2.24) is 5.32 Å². The van der Waals surface area contributed by atoms with E-state index in [2.05, 4.69) is 29.6 Å². The van der Waals surface area contributed by atoms with E-state index < -0.39 is 0 Å². The summed E-state index contributed by atoms with van der Waals surface area (Å²) >= 11 is 0. The van der Waals surface area contributed by atoms with Crippen LogP contribution in [-0.2, 0) is 4.74 Å². The van der Waals surface area contributed by atoms with Crippen LogP contribution >= 0.6 is 0 Å².